The van der Waals surface area contributed by atoms with Crippen molar-refractivity contribution in [2.45, 2.75) is 255 Å². The molecule has 0 unspecified atom stereocenters. The molecule has 0 aromatic heterocycles. The van der Waals surface area contributed by atoms with Gasteiger partial charge in [0.05, 0.1) is 11.7 Å². The minimum Gasteiger partial charge on any atom is -0.390 e. The molecule has 0 spiro atoms. The molecule has 1 saturated heterocycles. The van der Waals surface area contributed by atoms with E-state index < -0.39 is 161 Å². The second kappa shape index (κ2) is 38.4. The van der Waals surface area contributed by atoms with Crippen LogP contribution in [-0.2, 0) is 52.7 Å². The summed E-state index contributed by atoms with van der Waals surface area (Å²) in [6.45, 7) is 34.3. The Hall–Kier alpha value is -6.21. The fraction of sp³-hybridized carbons (Fsp3) is 0.809. The summed E-state index contributed by atoms with van der Waals surface area (Å²) in [5.74, 6) is -10.2. The molecule has 25 nitrogen and oxygen atoms in total. The number of hydrogen-bond acceptors (Lipinski definition) is 14. The predicted molar refractivity (Wildman–Crippen MR) is 361 cm³/mol. The molecule has 1 heterocycles. The van der Waals surface area contributed by atoms with Gasteiger partial charge in [0.25, 0.3) is 0 Å². The quantitative estimate of drug-likeness (QED) is 0.0952. The number of hydrogen-bond donors (Lipinski definition) is 6. The summed E-state index contributed by atoms with van der Waals surface area (Å²) in [5, 5.41) is 34.7. The van der Waals surface area contributed by atoms with Crippen LogP contribution >= 0.6 is 0 Å². The number of nitrogens with one attached hydrogen (secondary N) is 4. The van der Waals surface area contributed by atoms with Crippen LogP contribution in [0.1, 0.15) is 176 Å². The highest BCUT2D eigenvalue weighted by molar-refractivity contribution is 6.00. The third kappa shape index (κ3) is 24.2. The minimum atomic E-state index is -1.66. The van der Waals surface area contributed by atoms with Crippen molar-refractivity contribution in [2.24, 2.45) is 35.5 Å². The van der Waals surface area contributed by atoms with Gasteiger partial charge in [-0.05, 0) is 122 Å². The zero-order valence-corrected chi connectivity index (χ0v) is 61.6. The highest BCUT2D eigenvalue weighted by Crippen LogP contribution is 2.27. The lowest BCUT2D eigenvalue weighted by Gasteiger charge is -2.41. The van der Waals surface area contributed by atoms with Gasteiger partial charge < -0.3 is 70.7 Å². The number of aliphatic hydroxyl groups excluding tert-OH is 1. The molecule has 0 aromatic carbocycles. The molecule has 0 bridgehead atoms. The largest absolute Gasteiger partial charge is 0.390 e. The van der Waals surface area contributed by atoms with E-state index in [2.05, 4.69) is 21.3 Å². The molecule has 0 aliphatic carbocycles. The molecular weight excluding hydrogens is 1190 g/mol. The first-order valence-corrected chi connectivity index (χ1v) is 33.7. The lowest BCUT2D eigenvalue weighted by molar-refractivity contribution is -0.157. The number of carbonyl (C=O) groups is 11. The molecule has 1 rings (SSSR count). The van der Waals surface area contributed by atoms with E-state index in [-0.39, 0.29) is 62.7 Å². The molecule has 1 aliphatic rings. The monoisotopic (exact) mass is 1320 g/mol. The number of carbonyl (C=O) groups excluding carboxylic acids is 11. The average Bonchev–Trinajstić information content (AvgIpc) is 0.815. The van der Waals surface area contributed by atoms with Crippen molar-refractivity contribution in [1.82, 2.24) is 60.5 Å². The Labute approximate surface area is 557 Å². The highest BCUT2D eigenvalue weighted by Gasteiger charge is 2.47. The highest BCUT2D eigenvalue weighted by atomic mass is 16.3. The van der Waals surface area contributed by atoms with E-state index in [9.17, 15) is 34.2 Å². The Morgan fingerprint density at radius 2 is 0.903 bits per heavy atom. The van der Waals surface area contributed by atoms with E-state index in [1.54, 1.807) is 60.6 Å². The minimum absolute atomic E-state index is 0.0246. The molecule has 1 aliphatic heterocycles. The molecule has 93 heavy (non-hydrogen) atoms. The maximum absolute atomic E-state index is 15.3. The summed E-state index contributed by atoms with van der Waals surface area (Å²) in [7, 11) is 9.88. The van der Waals surface area contributed by atoms with Crippen molar-refractivity contribution in [1.29, 1.82) is 0 Å². The number of likely N-dealkylation sites (N-methyl/N-ethyl adjacent to an activating group) is 7. The van der Waals surface area contributed by atoms with Crippen LogP contribution < -0.4 is 21.3 Å². The van der Waals surface area contributed by atoms with Gasteiger partial charge >= 0.3 is 0 Å². The van der Waals surface area contributed by atoms with Crippen molar-refractivity contribution in [2.75, 3.05) is 69.0 Å². The molecule has 1 fully saturated rings. The van der Waals surface area contributed by atoms with Gasteiger partial charge in [-0.2, -0.15) is 0 Å². The molecule has 0 radical (unpaired) electrons. The van der Waals surface area contributed by atoms with Crippen molar-refractivity contribution in [3.05, 3.63) is 12.2 Å². The van der Waals surface area contributed by atoms with Crippen molar-refractivity contribution >= 4 is 65.0 Å². The summed E-state index contributed by atoms with van der Waals surface area (Å²) in [4.78, 5) is 174. The predicted octanol–water partition coefficient (Wildman–Crippen LogP) is 3.48. The van der Waals surface area contributed by atoms with E-state index in [4.69, 9.17) is 0 Å². The standard InChI is InChI=1S/C68H124N12O13/c1-27-31-32-44(15)56(81)55-60(85)71-47(28-2)62(87)73(20)48(33-34-80(29-3)30-4)63(88)77(24)52(38-68(18,19)93)59(84)72-53(42(11)12)66(91)74(21)49(35-39(5)6)58(83)69-45(16)57(82)70-46(17)61(86)75(22)50(36-40(7)8)64(89)76(23)51(37-41(9)10)65(90)78(25)54(43(13)14)67(92)79(55)26/h27,31,39-56,81,93H,28-30,32-38H2,1-26H3,(H,69,83)(H,70,82)(H,71,85)(H,72,84)/t44-,45+,46-,47+,48-,49+,50+,51+,52+,53+,54+,55+,56-/m1/s1. The van der Waals surface area contributed by atoms with E-state index >= 15 is 28.8 Å². The number of nitrogens with zero attached hydrogens (tertiary/aromatic N) is 8. The summed E-state index contributed by atoms with van der Waals surface area (Å²) in [6.07, 6.45) is 2.42. The van der Waals surface area contributed by atoms with Crippen LogP contribution in [0.2, 0.25) is 0 Å². The normalized spacial score (nSPS) is 26.6. The number of aliphatic hydroxyl groups is 2. The first kappa shape index (κ1) is 84.8. The van der Waals surface area contributed by atoms with Crippen molar-refractivity contribution < 1.29 is 63.0 Å². The van der Waals surface area contributed by atoms with Gasteiger partial charge in [0.1, 0.15) is 66.5 Å². The number of amides is 11. The van der Waals surface area contributed by atoms with Gasteiger partial charge in [0, 0.05) is 62.3 Å². The summed E-state index contributed by atoms with van der Waals surface area (Å²) >= 11 is 0. The maximum Gasteiger partial charge on any atom is 0.246 e. The summed E-state index contributed by atoms with van der Waals surface area (Å²) in [5.41, 5.74) is -1.58. The molecule has 0 saturated carbocycles. The Morgan fingerprint density at radius 3 is 1.35 bits per heavy atom. The lowest BCUT2D eigenvalue weighted by atomic mass is 9.91. The Morgan fingerprint density at radius 1 is 0.484 bits per heavy atom. The topological polar surface area (TPSA) is 302 Å². The van der Waals surface area contributed by atoms with Crippen molar-refractivity contribution in [3.8, 4) is 0 Å². The Kier molecular flexibility index (Phi) is 35.0. The van der Waals surface area contributed by atoms with E-state index in [1.807, 2.05) is 60.3 Å². The molecule has 11 amide bonds. The molecule has 13 atom stereocenters. The summed E-state index contributed by atoms with van der Waals surface area (Å²) < 4.78 is 0. The van der Waals surface area contributed by atoms with E-state index in [1.165, 1.54) is 102 Å². The lowest BCUT2D eigenvalue weighted by Crippen LogP contribution is -2.64. The van der Waals surface area contributed by atoms with Crippen molar-refractivity contribution in [3.63, 3.8) is 0 Å². The number of rotatable bonds is 20. The molecular formula is C68H124N12O13. The average molecular weight is 1320 g/mol. The van der Waals surface area contributed by atoms with Gasteiger partial charge in [0.15, 0.2) is 0 Å². The van der Waals surface area contributed by atoms with Gasteiger partial charge in [0.2, 0.25) is 65.0 Å². The van der Waals surface area contributed by atoms with Crippen LogP contribution in [0.4, 0.5) is 0 Å². The number of allylic oxidation sites excluding steroid dienone is 2. The molecule has 25 heteroatoms. The fourth-order valence-electron chi connectivity index (χ4n) is 12.0. The van der Waals surface area contributed by atoms with Crippen LogP contribution in [0.15, 0.2) is 12.2 Å². The first-order valence-electron chi connectivity index (χ1n) is 33.7. The maximum atomic E-state index is 15.3. The van der Waals surface area contributed by atoms with Gasteiger partial charge in [-0.3, -0.25) is 52.7 Å². The summed E-state index contributed by atoms with van der Waals surface area (Å²) in [6, 6.07) is -14.4. The van der Waals surface area contributed by atoms with Crippen LogP contribution in [0, 0.1) is 35.5 Å². The van der Waals surface area contributed by atoms with Gasteiger partial charge in [-0.15, -0.1) is 0 Å². The SMILES string of the molecule is CC=CC[C@@H](C)[C@@H](O)[C@H]1C(=O)N[C@@H](CC)C(=O)N(C)[C@H](CCN(CC)CC)C(=O)N(C)[C@@H](CC(C)(C)O)C(=O)N[C@@H](C(C)C)C(=O)N(C)[C@@H](CC(C)C)C(=O)N[C@@H](C)C(=O)N[C@H](C)C(=O)N(C)[C@@H](CC(C)C)C(=O)N(C)[C@@H](CC(C)C)C(=O)N(C)[C@@H](C(C)C)C(=O)N1C. The van der Waals surface area contributed by atoms with E-state index in [0.29, 0.717) is 19.6 Å². The second-order valence-electron chi connectivity index (χ2n) is 28.5. The first-order chi connectivity index (χ1) is 42.9. The zero-order valence-electron chi connectivity index (χ0n) is 61.6. The van der Waals surface area contributed by atoms with E-state index in [0.717, 1.165) is 9.80 Å². The van der Waals surface area contributed by atoms with Crippen LogP contribution in [0.25, 0.3) is 0 Å². The Balaban J connectivity index is 4.59. The van der Waals surface area contributed by atoms with Crippen LogP contribution in [-0.4, -0.2) is 262 Å². The Bertz CT molecular complexity index is 2530. The van der Waals surface area contributed by atoms with Crippen LogP contribution in [0.3, 0.4) is 0 Å². The third-order valence-corrected chi connectivity index (χ3v) is 18.0. The van der Waals surface area contributed by atoms with Crippen LogP contribution in [0.5, 0.6) is 0 Å². The third-order valence-electron chi connectivity index (χ3n) is 18.0. The smallest absolute Gasteiger partial charge is 0.246 e. The van der Waals surface area contributed by atoms with Gasteiger partial charge in [-0.1, -0.05) is 109 Å². The fourth-order valence-corrected chi connectivity index (χ4v) is 12.0. The second-order valence-corrected chi connectivity index (χ2v) is 28.5. The molecule has 0 aromatic rings. The molecule has 534 valence electrons. The molecule has 6 N–H and O–H groups in total. The zero-order chi connectivity index (χ0) is 72.2. The van der Waals surface area contributed by atoms with Gasteiger partial charge in [-0.25, -0.2) is 0 Å².